The molecule has 1 aromatic heterocycles. The number of pyridine rings is 1. The van der Waals surface area contributed by atoms with Gasteiger partial charge in [-0.05, 0) is 38.7 Å². The molecule has 1 aliphatic rings. The number of hydrogen-bond acceptors (Lipinski definition) is 3. The minimum Gasteiger partial charge on any atom is -0.356 e. The smallest absolute Gasteiger partial charge is 0.315 e. The SMILES string of the molecule is C=CCC(CC)NC(=O)NCc1ccc(C)nc1N1CCCC1. The van der Waals surface area contributed by atoms with Crippen molar-refractivity contribution in [2.75, 3.05) is 18.0 Å². The number of rotatable bonds is 7. The van der Waals surface area contributed by atoms with Gasteiger partial charge in [0, 0.05) is 36.9 Å². The minimum atomic E-state index is -0.133. The van der Waals surface area contributed by atoms with Gasteiger partial charge >= 0.3 is 6.03 Å². The number of nitrogens with zero attached hydrogens (tertiary/aromatic N) is 2. The van der Waals surface area contributed by atoms with Gasteiger partial charge < -0.3 is 15.5 Å². The summed E-state index contributed by atoms with van der Waals surface area (Å²) in [4.78, 5) is 19.1. The molecule has 2 heterocycles. The molecule has 0 radical (unpaired) electrons. The summed E-state index contributed by atoms with van der Waals surface area (Å²) >= 11 is 0. The molecule has 1 unspecified atom stereocenters. The highest BCUT2D eigenvalue weighted by molar-refractivity contribution is 5.74. The first-order chi connectivity index (χ1) is 11.1. The number of anilines is 1. The highest BCUT2D eigenvalue weighted by Gasteiger charge is 2.18. The van der Waals surface area contributed by atoms with E-state index in [0.717, 1.165) is 43.0 Å². The third-order valence-electron chi connectivity index (χ3n) is 4.22. The van der Waals surface area contributed by atoms with Crippen LogP contribution in [0.1, 0.15) is 43.9 Å². The Bertz CT molecular complexity index is 538. The minimum absolute atomic E-state index is 0.133. The maximum absolute atomic E-state index is 12.1. The van der Waals surface area contributed by atoms with Crippen molar-refractivity contribution in [1.29, 1.82) is 0 Å². The quantitative estimate of drug-likeness (QED) is 0.760. The van der Waals surface area contributed by atoms with Gasteiger partial charge in [-0.1, -0.05) is 19.1 Å². The number of hydrogen-bond donors (Lipinski definition) is 2. The topological polar surface area (TPSA) is 57.3 Å². The molecule has 1 fully saturated rings. The van der Waals surface area contributed by atoms with Gasteiger partial charge in [0.2, 0.25) is 0 Å². The largest absolute Gasteiger partial charge is 0.356 e. The van der Waals surface area contributed by atoms with Crippen molar-refractivity contribution in [3.8, 4) is 0 Å². The molecule has 1 aliphatic heterocycles. The summed E-state index contributed by atoms with van der Waals surface area (Å²) in [5, 5.41) is 5.94. The van der Waals surface area contributed by atoms with Gasteiger partial charge in [0.25, 0.3) is 0 Å². The van der Waals surface area contributed by atoms with E-state index in [1.54, 1.807) is 0 Å². The Morgan fingerprint density at radius 1 is 1.43 bits per heavy atom. The molecule has 5 nitrogen and oxygen atoms in total. The third-order valence-corrected chi connectivity index (χ3v) is 4.22. The first-order valence-electron chi connectivity index (χ1n) is 8.50. The second-order valence-corrected chi connectivity index (χ2v) is 6.09. The van der Waals surface area contributed by atoms with Crippen molar-refractivity contribution in [3.05, 3.63) is 36.0 Å². The monoisotopic (exact) mass is 316 g/mol. The standard InChI is InChI=1S/C18H28N4O/c1-4-8-16(5-2)21-18(23)19-13-15-10-9-14(3)20-17(15)22-11-6-7-12-22/h4,9-10,16H,1,5-8,11-13H2,2-3H3,(H2,19,21,23). The van der Waals surface area contributed by atoms with Crippen LogP contribution in [0.4, 0.5) is 10.6 Å². The second-order valence-electron chi connectivity index (χ2n) is 6.09. The van der Waals surface area contributed by atoms with Gasteiger partial charge in [-0.15, -0.1) is 6.58 Å². The molecule has 126 valence electrons. The van der Waals surface area contributed by atoms with Crippen molar-refractivity contribution < 1.29 is 4.79 Å². The molecule has 0 spiro atoms. The number of nitrogens with one attached hydrogen (secondary N) is 2. The Morgan fingerprint density at radius 3 is 2.83 bits per heavy atom. The first kappa shape index (κ1) is 17.3. The van der Waals surface area contributed by atoms with E-state index in [4.69, 9.17) is 0 Å². The summed E-state index contributed by atoms with van der Waals surface area (Å²) in [6, 6.07) is 4.08. The van der Waals surface area contributed by atoms with Crippen molar-refractivity contribution >= 4 is 11.8 Å². The second kappa shape index (κ2) is 8.56. The predicted octanol–water partition coefficient (Wildman–Crippen LogP) is 3.14. The maximum Gasteiger partial charge on any atom is 0.315 e. The van der Waals surface area contributed by atoms with Crippen molar-refractivity contribution in [2.24, 2.45) is 0 Å². The molecule has 2 rings (SSSR count). The van der Waals surface area contributed by atoms with E-state index in [0.29, 0.717) is 6.54 Å². The first-order valence-corrected chi connectivity index (χ1v) is 8.50. The van der Waals surface area contributed by atoms with Crippen LogP contribution in [0, 0.1) is 6.92 Å². The average Bonchev–Trinajstić information content (AvgIpc) is 3.07. The summed E-state index contributed by atoms with van der Waals surface area (Å²) in [6.07, 6.45) is 5.94. The van der Waals surface area contributed by atoms with Crippen LogP contribution in [0.25, 0.3) is 0 Å². The van der Waals surface area contributed by atoms with Gasteiger partial charge in [0.1, 0.15) is 5.82 Å². The molecule has 0 aromatic carbocycles. The van der Waals surface area contributed by atoms with Crippen molar-refractivity contribution in [1.82, 2.24) is 15.6 Å². The average molecular weight is 316 g/mol. The molecule has 23 heavy (non-hydrogen) atoms. The summed E-state index contributed by atoms with van der Waals surface area (Å²) in [6.45, 7) is 10.4. The summed E-state index contributed by atoms with van der Waals surface area (Å²) < 4.78 is 0. The van der Waals surface area contributed by atoms with E-state index < -0.39 is 0 Å². The van der Waals surface area contributed by atoms with Crippen LogP contribution in [0.3, 0.4) is 0 Å². The third kappa shape index (κ3) is 4.98. The maximum atomic E-state index is 12.1. The zero-order valence-electron chi connectivity index (χ0n) is 14.3. The molecule has 5 heteroatoms. The van der Waals surface area contributed by atoms with Gasteiger partial charge in [-0.2, -0.15) is 0 Å². The van der Waals surface area contributed by atoms with Gasteiger partial charge in [-0.25, -0.2) is 9.78 Å². The van der Waals surface area contributed by atoms with Gasteiger partial charge in [0.15, 0.2) is 0 Å². The van der Waals surface area contributed by atoms with Crippen LogP contribution < -0.4 is 15.5 Å². The van der Waals surface area contributed by atoms with Crippen LogP contribution in [0.15, 0.2) is 24.8 Å². The lowest BCUT2D eigenvalue weighted by molar-refractivity contribution is 0.236. The van der Waals surface area contributed by atoms with E-state index in [1.807, 2.05) is 19.1 Å². The van der Waals surface area contributed by atoms with Crippen molar-refractivity contribution in [2.45, 2.75) is 52.1 Å². The lowest BCUT2D eigenvalue weighted by Crippen LogP contribution is -2.41. The fourth-order valence-corrected chi connectivity index (χ4v) is 2.85. The lowest BCUT2D eigenvalue weighted by Gasteiger charge is -2.21. The summed E-state index contributed by atoms with van der Waals surface area (Å²) in [7, 11) is 0. The Kier molecular flexibility index (Phi) is 6.44. The van der Waals surface area contributed by atoms with E-state index in [1.165, 1.54) is 12.8 Å². The summed E-state index contributed by atoms with van der Waals surface area (Å²) in [5.41, 5.74) is 2.08. The van der Waals surface area contributed by atoms with E-state index in [9.17, 15) is 4.79 Å². The molecule has 1 saturated heterocycles. The molecular formula is C18H28N4O. The number of carbonyl (C=O) groups excluding carboxylic acids is 1. The fourth-order valence-electron chi connectivity index (χ4n) is 2.85. The van der Waals surface area contributed by atoms with E-state index >= 15 is 0 Å². The van der Waals surface area contributed by atoms with Crippen molar-refractivity contribution in [3.63, 3.8) is 0 Å². The zero-order valence-corrected chi connectivity index (χ0v) is 14.3. The molecule has 0 aliphatic carbocycles. The van der Waals surface area contributed by atoms with Crippen LogP contribution in [0.2, 0.25) is 0 Å². The zero-order chi connectivity index (χ0) is 16.7. The van der Waals surface area contributed by atoms with Crippen LogP contribution in [-0.2, 0) is 6.54 Å². The fraction of sp³-hybridized carbons (Fsp3) is 0.556. The summed E-state index contributed by atoms with van der Waals surface area (Å²) in [5.74, 6) is 1.01. The van der Waals surface area contributed by atoms with Crippen LogP contribution in [-0.4, -0.2) is 30.1 Å². The Labute approximate surface area is 139 Å². The number of aryl methyl sites for hydroxylation is 1. The van der Waals surface area contributed by atoms with Crippen LogP contribution in [0.5, 0.6) is 0 Å². The van der Waals surface area contributed by atoms with E-state index in [-0.39, 0.29) is 12.1 Å². The highest BCUT2D eigenvalue weighted by Crippen LogP contribution is 2.22. The lowest BCUT2D eigenvalue weighted by atomic mass is 10.1. The Balaban J connectivity index is 1.97. The molecular weight excluding hydrogens is 288 g/mol. The number of aromatic nitrogens is 1. The predicted molar refractivity (Wildman–Crippen MR) is 94.7 cm³/mol. The van der Waals surface area contributed by atoms with Crippen LogP contribution >= 0.6 is 0 Å². The molecule has 0 saturated carbocycles. The van der Waals surface area contributed by atoms with Gasteiger partial charge in [0.05, 0.1) is 0 Å². The number of amides is 2. The van der Waals surface area contributed by atoms with Gasteiger partial charge in [-0.3, -0.25) is 0 Å². The Morgan fingerprint density at radius 2 is 2.17 bits per heavy atom. The molecule has 1 atom stereocenters. The highest BCUT2D eigenvalue weighted by atomic mass is 16.2. The normalized spacial score (nSPS) is 15.3. The molecule has 2 N–H and O–H groups in total. The number of carbonyl (C=O) groups is 1. The van der Waals surface area contributed by atoms with E-state index in [2.05, 4.69) is 40.1 Å². The molecule has 0 bridgehead atoms. The molecule has 2 amide bonds. The molecule has 1 aromatic rings. The number of urea groups is 1. The Hall–Kier alpha value is -2.04.